The Kier molecular flexibility index (Phi) is 3.40. The fourth-order valence-corrected chi connectivity index (χ4v) is 3.25. The molecular formula is C16H23NO. The van der Waals surface area contributed by atoms with E-state index < -0.39 is 0 Å². The molecule has 0 radical (unpaired) electrons. The van der Waals surface area contributed by atoms with Gasteiger partial charge in [-0.2, -0.15) is 0 Å². The van der Waals surface area contributed by atoms with E-state index in [0.29, 0.717) is 24.3 Å². The number of hydrogen-bond acceptors (Lipinski definition) is 2. The van der Waals surface area contributed by atoms with Crippen LogP contribution in [-0.2, 0) is 11.3 Å². The zero-order valence-electron chi connectivity index (χ0n) is 11.4. The van der Waals surface area contributed by atoms with Crippen molar-refractivity contribution in [2.24, 2.45) is 0 Å². The topological polar surface area (TPSA) is 15.8 Å². The largest absolute Gasteiger partial charge is 0.368 e. The Morgan fingerprint density at radius 3 is 2.72 bits per heavy atom. The van der Waals surface area contributed by atoms with Crippen molar-refractivity contribution in [1.82, 2.24) is 4.90 Å². The number of hydrogen-bond donors (Lipinski definition) is 0. The van der Waals surface area contributed by atoms with E-state index in [1.54, 1.807) is 0 Å². The van der Waals surface area contributed by atoms with Crippen molar-refractivity contribution in [3.05, 3.63) is 35.9 Å². The van der Waals surface area contributed by atoms with Crippen LogP contribution in [0, 0.1) is 0 Å². The predicted molar refractivity (Wildman–Crippen MR) is 73.4 cm³/mol. The Morgan fingerprint density at radius 2 is 2.00 bits per heavy atom. The first-order valence-electron chi connectivity index (χ1n) is 7.21. The van der Waals surface area contributed by atoms with E-state index in [4.69, 9.17) is 4.74 Å². The van der Waals surface area contributed by atoms with Crippen LogP contribution in [0.25, 0.3) is 0 Å². The lowest BCUT2D eigenvalue weighted by atomic mass is 9.93. The highest BCUT2D eigenvalue weighted by atomic mass is 16.6. The summed E-state index contributed by atoms with van der Waals surface area (Å²) < 4.78 is 5.82. The molecule has 1 heterocycles. The van der Waals surface area contributed by atoms with Crippen molar-refractivity contribution in [2.45, 2.75) is 63.9 Å². The van der Waals surface area contributed by atoms with Crippen molar-refractivity contribution in [3.8, 4) is 0 Å². The lowest BCUT2D eigenvalue weighted by Crippen LogP contribution is -2.45. The third-order valence-electron chi connectivity index (χ3n) is 4.29. The van der Waals surface area contributed by atoms with Gasteiger partial charge in [-0.15, -0.1) is 0 Å². The minimum absolute atomic E-state index is 0.518. The van der Waals surface area contributed by atoms with Gasteiger partial charge in [-0.3, -0.25) is 4.90 Å². The molecule has 3 rings (SSSR count). The van der Waals surface area contributed by atoms with Gasteiger partial charge in [0.2, 0.25) is 0 Å². The maximum atomic E-state index is 5.82. The summed E-state index contributed by atoms with van der Waals surface area (Å²) in [5.41, 5.74) is 1.41. The molecule has 3 atom stereocenters. The average Bonchev–Trinajstić information content (AvgIpc) is 3.16. The van der Waals surface area contributed by atoms with E-state index in [1.165, 1.54) is 24.8 Å². The molecule has 0 aromatic heterocycles. The van der Waals surface area contributed by atoms with Crippen molar-refractivity contribution in [2.75, 3.05) is 0 Å². The Bertz CT molecular complexity index is 389. The summed E-state index contributed by atoms with van der Waals surface area (Å²) in [5, 5.41) is 0. The van der Waals surface area contributed by atoms with Crippen molar-refractivity contribution in [3.63, 3.8) is 0 Å². The SMILES string of the molecule is CC(C)N(Cc1ccccc1)[C@@H]1CCC[C@H]2O[C@@H]12. The Balaban J connectivity index is 1.72. The fourth-order valence-electron chi connectivity index (χ4n) is 3.25. The maximum Gasteiger partial charge on any atom is 0.0996 e. The normalized spacial score (nSPS) is 30.6. The van der Waals surface area contributed by atoms with Gasteiger partial charge in [0, 0.05) is 18.6 Å². The first-order chi connectivity index (χ1) is 8.75. The van der Waals surface area contributed by atoms with E-state index >= 15 is 0 Å². The van der Waals surface area contributed by atoms with Gasteiger partial charge in [-0.25, -0.2) is 0 Å². The number of fused-ring (bicyclic) bond motifs is 1. The van der Waals surface area contributed by atoms with Crippen LogP contribution in [0.2, 0.25) is 0 Å². The second-order valence-electron chi connectivity index (χ2n) is 5.89. The number of nitrogens with zero attached hydrogens (tertiary/aromatic N) is 1. The minimum Gasteiger partial charge on any atom is -0.368 e. The molecule has 0 spiro atoms. The molecule has 0 amide bonds. The molecule has 2 aliphatic rings. The molecule has 0 N–H and O–H groups in total. The van der Waals surface area contributed by atoms with Crippen LogP contribution < -0.4 is 0 Å². The molecule has 2 heteroatoms. The zero-order chi connectivity index (χ0) is 12.5. The molecule has 1 aliphatic heterocycles. The third kappa shape index (κ3) is 2.45. The monoisotopic (exact) mass is 245 g/mol. The highest BCUT2D eigenvalue weighted by Crippen LogP contribution is 2.40. The molecule has 1 aromatic carbocycles. The second-order valence-corrected chi connectivity index (χ2v) is 5.89. The summed E-state index contributed by atoms with van der Waals surface area (Å²) >= 11 is 0. The first kappa shape index (κ1) is 12.2. The van der Waals surface area contributed by atoms with E-state index in [-0.39, 0.29) is 0 Å². The molecule has 1 aromatic rings. The van der Waals surface area contributed by atoms with E-state index in [0.717, 1.165) is 6.54 Å². The number of epoxide rings is 1. The molecule has 0 unspecified atom stereocenters. The second kappa shape index (κ2) is 5.02. The molecule has 2 nitrogen and oxygen atoms in total. The van der Waals surface area contributed by atoms with Crippen LogP contribution in [0.15, 0.2) is 30.3 Å². The summed E-state index contributed by atoms with van der Waals surface area (Å²) in [6, 6.07) is 12.0. The number of ether oxygens (including phenoxy) is 1. The lowest BCUT2D eigenvalue weighted by molar-refractivity contribution is 0.108. The van der Waals surface area contributed by atoms with Crippen LogP contribution in [0.1, 0.15) is 38.7 Å². The number of rotatable bonds is 4. The number of benzene rings is 1. The lowest BCUT2D eigenvalue weighted by Gasteiger charge is -2.35. The van der Waals surface area contributed by atoms with Gasteiger partial charge in [-0.05, 0) is 38.7 Å². The summed E-state index contributed by atoms with van der Waals surface area (Å²) in [4.78, 5) is 2.62. The molecule has 2 fully saturated rings. The Hall–Kier alpha value is -0.860. The summed E-state index contributed by atoms with van der Waals surface area (Å²) in [6.07, 6.45) is 4.99. The van der Waals surface area contributed by atoms with Crippen LogP contribution >= 0.6 is 0 Å². The molecule has 1 aliphatic carbocycles. The molecule has 1 saturated heterocycles. The van der Waals surface area contributed by atoms with Gasteiger partial charge in [0.25, 0.3) is 0 Å². The van der Waals surface area contributed by atoms with Gasteiger partial charge >= 0.3 is 0 Å². The highest BCUT2D eigenvalue weighted by Gasteiger charge is 2.49. The van der Waals surface area contributed by atoms with Crippen LogP contribution in [-0.4, -0.2) is 29.2 Å². The Morgan fingerprint density at radius 1 is 1.22 bits per heavy atom. The van der Waals surface area contributed by atoms with Gasteiger partial charge in [0.1, 0.15) is 0 Å². The Labute approximate surface area is 110 Å². The smallest absolute Gasteiger partial charge is 0.0996 e. The van der Waals surface area contributed by atoms with Gasteiger partial charge in [0.15, 0.2) is 0 Å². The standard InChI is InChI=1S/C16H23NO/c1-12(2)17(11-13-7-4-3-5-8-13)14-9-6-10-15-16(14)18-15/h3-5,7-8,12,14-16H,6,9-11H2,1-2H3/t14-,15-,16+/m1/s1. The molecular weight excluding hydrogens is 222 g/mol. The summed E-state index contributed by atoms with van der Waals surface area (Å²) in [7, 11) is 0. The quantitative estimate of drug-likeness (QED) is 0.757. The molecule has 98 valence electrons. The molecule has 1 saturated carbocycles. The van der Waals surface area contributed by atoms with Crippen LogP contribution in [0.3, 0.4) is 0 Å². The average molecular weight is 245 g/mol. The van der Waals surface area contributed by atoms with Crippen LogP contribution in [0.5, 0.6) is 0 Å². The van der Waals surface area contributed by atoms with E-state index in [2.05, 4.69) is 49.1 Å². The first-order valence-corrected chi connectivity index (χ1v) is 7.21. The van der Waals surface area contributed by atoms with Crippen LogP contribution in [0.4, 0.5) is 0 Å². The third-order valence-corrected chi connectivity index (χ3v) is 4.29. The maximum absolute atomic E-state index is 5.82. The van der Waals surface area contributed by atoms with E-state index in [1.807, 2.05) is 0 Å². The van der Waals surface area contributed by atoms with Crippen molar-refractivity contribution < 1.29 is 4.74 Å². The molecule has 18 heavy (non-hydrogen) atoms. The van der Waals surface area contributed by atoms with Gasteiger partial charge in [-0.1, -0.05) is 30.3 Å². The minimum atomic E-state index is 0.518. The van der Waals surface area contributed by atoms with Gasteiger partial charge in [0.05, 0.1) is 12.2 Å². The zero-order valence-corrected chi connectivity index (χ0v) is 11.4. The van der Waals surface area contributed by atoms with E-state index in [9.17, 15) is 0 Å². The predicted octanol–water partition coefficient (Wildman–Crippen LogP) is 3.22. The van der Waals surface area contributed by atoms with Crippen molar-refractivity contribution in [1.29, 1.82) is 0 Å². The van der Waals surface area contributed by atoms with Gasteiger partial charge < -0.3 is 4.74 Å². The van der Waals surface area contributed by atoms with Crippen molar-refractivity contribution >= 4 is 0 Å². The highest BCUT2D eigenvalue weighted by molar-refractivity contribution is 5.15. The summed E-state index contributed by atoms with van der Waals surface area (Å²) in [5.74, 6) is 0. The molecule has 0 bridgehead atoms. The summed E-state index contributed by atoms with van der Waals surface area (Å²) in [6.45, 7) is 5.65. The fraction of sp³-hybridized carbons (Fsp3) is 0.625.